The molecule has 2 heterocycles. The predicted octanol–water partition coefficient (Wildman–Crippen LogP) is 4.71. The van der Waals surface area contributed by atoms with E-state index in [1.165, 1.54) is 24.0 Å². The van der Waals surface area contributed by atoms with Crippen molar-refractivity contribution in [3.8, 4) is 0 Å². The minimum absolute atomic E-state index is 0.0635. The van der Waals surface area contributed by atoms with Gasteiger partial charge in [0.25, 0.3) is 0 Å². The molecule has 0 N–H and O–H groups in total. The SMILES string of the molecule is Cc1ccc2c(n1)C(=NOCC(C)(C)CON=Cc1ncc(Cl)cc1F)CCC2. The van der Waals surface area contributed by atoms with Crippen molar-refractivity contribution in [2.24, 2.45) is 15.7 Å². The fraction of sp³-hybridized carbons (Fsp3) is 0.429. The second-order valence-electron chi connectivity index (χ2n) is 7.82. The van der Waals surface area contributed by atoms with Crippen molar-refractivity contribution in [1.82, 2.24) is 9.97 Å². The maximum absolute atomic E-state index is 13.7. The predicted molar refractivity (Wildman–Crippen MR) is 111 cm³/mol. The zero-order valence-corrected chi connectivity index (χ0v) is 17.5. The van der Waals surface area contributed by atoms with Gasteiger partial charge in [0.05, 0.1) is 16.9 Å². The smallest absolute Gasteiger partial charge is 0.152 e. The fourth-order valence-corrected chi connectivity index (χ4v) is 2.98. The van der Waals surface area contributed by atoms with Gasteiger partial charge in [-0.3, -0.25) is 9.97 Å². The van der Waals surface area contributed by atoms with Crippen molar-refractivity contribution in [3.05, 3.63) is 57.9 Å². The third-order valence-corrected chi connectivity index (χ3v) is 4.63. The molecule has 2 aromatic heterocycles. The van der Waals surface area contributed by atoms with E-state index in [1.54, 1.807) is 0 Å². The number of aryl methyl sites for hydroxylation is 2. The molecule has 0 saturated carbocycles. The third-order valence-electron chi connectivity index (χ3n) is 4.42. The first-order chi connectivity index (χ1) is 13.8. The molecular formula is C21H24ClFN4O2. The van der Waals surface area contributed by atoms with Crippen LogP contribution in [-0.4, -0.2) is 35.1 Å². The lowest BCUT2D eigenvalue weighted by atomic mass is 9.94. The van der Waals surface area contributed by atoms with Gasteiger partial charge in [0.2, 0.25) is 0 Å². The molecule has 2 aromatic rings. The summed E-state index contributed by atoms with van der Waals surface area (Å²) >= 11 is 5.67. The average molecular weight is 419 g/mol. The maximum atomic E-state index is 13.7. The standard InChI is InChI=1S/C21H24ClFN4O2/c1-14-7-8-15-5-4-6-18(20(15)26-14)27-29-13-21(2,3)12-28-25-11-19-17(23)9-16(22)10-24-19/h7-11H,4-6,12-13H2,1-3H3. The van der Waals surface area contributed by atoms with Crippen molar-refractivity contribution < 1.29 is 14.1 Å². The van der Waals surface area contributed by atoms with E-state index in [2.05, 4.69) is 26.3 Å². The molecule has 0 spiro atoms. The van der Waals surface area contributed by atoms with E-state index in [4.69, 9.17) is 21.3 Å². The number of hydrogen-bond acceptors (Lipinski definition) is 6. The Morgan fingerprint density at radius 3 is 2.83 bits per heavy atom. The van der Waals surface area contributed by atoms with Crippen molar-refractivity contribution in [1.29, 1.82) is 0 Å². The molecule has 0 amide bonds. The minimum Gasteiger partial charge on any atom is -0.395 e. The number of fused-ring (bicyclic) bond motifs is 1. The second-order valence-corrected chi connectivity index (χ2v) is 8.25. The van der Waals surface area contributed by atoms with Crippen LogP contribution in [0.3, 0.4) is 0 Å². The van der Waals surface area contributed by atoms with E-state index < -0.39 is 5.82 Å². The molecule has 0 atom stereocenters. The lowest BCUT2D eigenvalue weighted by Gasteiger charge is -2.22. The Bertz CT molecular complexity index is 931. The van der Waals surface area contributed by atoms with Crippen LogP contribution >= 0.6 is 11.6 Å². The highest BCUT2D eigenvalue weighted by Gasteiger charge is 2.22. The number of rotatable bonds is 7. The lowest BCUT2D eigenvalue weighted by molar-refractivity contribution is 0.000283. The van der Waals surface area contributed by atoms with E-state index >= 15 is 0 Å². The summed E-state index contributed by atoms with van der Waals surface area (Å²) in [5.74, 6) is -0.556. The van der Waals surface area contributed by atoms with Crippen LogP contribution in [-0.2, 0) is 16.1 Å². The van der Waals surface area contributed by atoms with Gasteiger partial charge in [-0.2, -0.15) is 0 Å². The highest BCUT2D eigenvalue weighted by molar-refractivity contribution is 6.30. The molecule has 0 unspecified atom stereocenters. The van der Waals surface area contributed by atoms with E-state index in [0.29, 0.717) is 6.61 Å². The molecule has 6 nitrogen and oxygen atoms in total. The Labute approximate surface area is 174 Å². The third kappa shape index (κ3) is 5.97. The van der Waals surface area contributed by atoms with Gasteiger partial charge in [-0.25, -0.2) is 4.39 Å². The highest BCUT2D eigenvalue weighted by Crippen LogP contribution is 2.22. The minimum atomic E-state index is -0.556. The van der Waals surface area contributed by atoms with Gasteiger partial charge in [-0.1, -0.05) is 41.8 Å². The molecular weight excluding hydrogens is 395 g/mol. The van der Waals surface area contributed by atoms with Crippen LogP contribution in [0.4, 0.5) is 4.39 Å². The first-order valence-corrected chi connectivity index (χ1v) is 9.84. The molecule has 0 radical (unpaired) electrons. The molecule has 29 heavy (non-hydrogen) atoms. The zero-order chi connectivity index (χ0) is 20.9. The summed E-state index contributed by atoms with van der Waals surface area (Å²) < 4.78 is 13.7. The quantitative estimate of drug-likeness (QED) is 0.482. The van der Waals surface area contributed by atoms with Crippen molar-refractivity contribution in [3.63, 3.8) is 0 Å². The van der Waals surface area contributed by atoms with Gasteiger partial charge in [0.15, 0.2) is 5.82 Å². The Balaban J connectivity index is 1.52. The average Bonchev–Trinajstić information content (AvgIpc) is 2.67. The van der Waals surface area contributed by atoms with Gasteiger partial charge in [0.1, 0.15) is 24.6 Å². The van der Waals surface area contributed by atoms with Crippen LogP contribution in [0.25, 0.3) is 0 Å². The molecule has 8 heteroatoms. The van der Waals surface area contributed by atoms with Gasteiger partial charge in [-0.05, 0) is 43.9 Å². The number of pyridine rings is 2. The van der Waals surface area contributed by atoms with Gasteiger partial charge in [-0.15, -0.1) is 0 Å². The number of oxime groups is 2. The summed E-state index contributed by atoms with van der Waals surface area (Å²) in [5, 5.41) is 8.35. The van der Waals surface area contributed by atoms with Gasteiger partial charge < -0.3 is 9.68 Å². The topological polar surface area (TPSA) is 69.0 Å². The normalized spacial score (nSPS) is 15.6. The Morgan fingerprint density at radius 1 is 1.24 bits per heavy atom. The summed E-state index contributed by atoms with van der Waals surface area (Å²) in [6, 6.07) is 5.31. The lowest BCUT2D eigenvalue weighted by Crippen LogP contribution is -2.24. The maximum Gasteiger partial charge on any atom is 0.152 e. The first kappa shape index (κ1) is 21.2. The second kappa shape index (κ2) is 9.31. The Kier molecular flexibility index (Phi) is 6.79. The number of halogens is 2. The Morgan fingerprint density at radius 2 is 2.03 bits per heavy atom. The van der Waals surface area contributed by atoms with Crippen LogP contribution in [0.1, 0.15) is 49.3 Å². The number of nitrogens with zero attached hydrogens (tertiary/aromatic N) is 4. The first-order valence-electron chi connectivity index (χ1n) is 9.46. The van der Waals surface area contributed by atoms with E-state index in [0.717, 1.165) is 36.4 Å². The molecule has 0 bridgehead atoms. The molecule has 1 aliphatic carbocycles. The molecule has 0 saturated heterocycles. The molecule has 0 fully saturated rings. The summed E-state index contributed by atoms with van der Waals surface area (Å²) in [5.41, 5.74) is 3.72. The molecule has 3 rings (SSSR count). The summed E-state index contributed by atoms with van der Waals surface area (Å²) in [6.45, 7) is 6.54. The number of aromatic nitrogens is 2. The van der Waals surface area contributed by atoms with Crippen molar-refractivity contribution in [2.45, 2.75) is 40.0 Å². The van der Waals surface area contributed by atoms with Crippen LogP contribution < -0.4 is 0 Å². The van der Waals surface area contributed by atoms with Crippen molar-refractivity contribution in [2.75, 3.05) is 13.2 Å². The number of hydrogen-bond donors (Lipinski definition) is 0. The van der Waals surface area contributed by atoms with E-state index in [-0.39, 0.29) is 22.7 Å². The molecule has 154 valence electrons. The van der Waals surface area contributed by atoms with Crippen molar-refractivity contribution >= 4 is 23.5 Å². The van der Waals surface area contributed by atoms with Crippen LogP contribution in [0.15, 0.2) is 34.7 Å². The zero-order valence-electron chi connectivity index (χ0n) is 16.8. The van der Waals surface area contributed by atoms with Crippen LogP contribution in [0.5, 0.6) is 0 Å². The summed E-state index contributed by atoms with van der Waals surface area (Å²) in [7, 11) is 0. The highest BCUT2D eigenvalue weighted by atomic mass is 35.5. The molecule has 0 aliphatic heterocycles. The monoisotopic (exact) mass is 418 g/mol. The van der Waals surface area contributed by atoms with Crippen LogP contribution in [0.2, 0.25) is 5.02 Å². The largest absolute Gasteiger partial charge is 0.395 e. The van der Waals surface area contributed by atoms with Gasteiger partial charge >= 0.3 is 0 Å². The fourth-order valence-electron chi connectivity index (χ4n) is 2.84. The van der Waals surface area contributed by atoms with E-state index in [9.17, 15) is 4.39 Å². The summed E-state index contributed by atoms with van der Waals surface area (Å²) in [4.78, 5) is 19.4. The summed E-state index contributed by atoms with van der Waals surface area (Å²) in [6.07, 6.45) is 5.47. The molecule has 0 aromatic carbocycles. The molecule has 1 aliphatic rings. The van der Waals surface area contributed by atoms with Crippen LogP contribution in [0, 0.1) is 18.2 Å². The van der Waals surface area contributed by atoms with Gasteiger partial charge in [0, 0.05) is 17.3 Å². The van der Waals surface area contributed by atoms with E-state index in [1.807, 2.05) is 26.8 Å². The Hall–Kier alpha value is -2.54.